The number of imidazole rings is 1. The Morgan fingerprint density at radius 3 is 2.94 bits per heavy atom. The van der Waals surface area contributed by atoms with Gasteiger partial charge in [-0.2, -0.15) is 0 Å². The van der Waals surface area contributed by atoms with E-state index in [0.717, 1.165) is 41.8 Å². The summed E-state index contributed by atoms with van der Waals surface area (Å²) in [4.78, 5) is 7.77. The van der Waals surface area contributed by atoms with Gasteiger partial charge in [0.05, 0.1) is 31.1 Å². The highest BCUT2D eigenvalue weighted by Gasteiger charge is 2.19. The van der Waals surface area contributed by atoms with E-state index in [0.29, 0.717) is 6.61 Å². The van der Waals surface area contributed by atoms with Crippen LogP contribution in [0.25, 0.3) is 11.3 Å². The van der Waals surface area contributed by atoms with E-state index >= 15 is 0 Å². The van der Waals surface area contributed by atoms with Gasteiger partial charge in [0.15, 0.2) is 0 Å². The second-order valence-corrected chi connectivity index (χ2v) is 4.59. The van der Waals surface area contributed by atoms with Crippen molar-refractivity contribution in [3.8, 4) is 11.3 Å². The number of aryl methyl sites for hydroxylation is 2. The van der Waals surface area contributed by atoms with E-state index in [1.807, 2.05) is 26.1 Å². The van der Waals surface area contributed by atoms with Crippen LogP contribution in [0.4, 0.5) is 0 Å². The van der Waals surface area contributed by atoms with Crippen molar-refractivity contribution >= 4 is 0 Å². The first-order valence-corrected chi connectivity index (χ1v) is 6.17. The van der Waals surface area contributed by atoms with Crippen LogP contribution in [0.5, 0.6) is 0 Å². The third kappa shape index (κ3) is 2.07. The molecule has 3 heterocycles. The molecule has 1 atom stereocenters. The zero-order valence-electron chi connectivity index (χ0n) is 10.6. The molecule has 1 fully saturated rings. The molecule has 0 aliphatic carbocycles. The van der Waals surface area contributed by atoms with E-state index in [1.165, 1.54) is 0 Å². The van der Waals surface area contributed by atoms with Gasteiger partial charge in [0.25, 0.3) is 0 Å². The molecule has 2 aromatic rings. The minimum atomic E-state index is 0.154. The number of rotatable bonds is 2. The average Bonchev–Trinajstić information content (AvgIpc) is 2.97. The number of nitrogens with one attached hydrogen (secondary N) is 2. The van der Waals surface area contributed by atoms with Gasteiger partial charge in [-0.05, 0) is 19.9 Å². The summed E-state index contributed by atoms with van der Waals surface area (Å²) >= 11 is 0. The highest BCUT2D eigenvalue weighted by Crippen LogP contribution is 2.26. The second kappa shape index (κ2) is 4.59. The van der Waals surface area contributed by atoms with E-state index in [9.17, 15) is 0 Å². The maximum Gasteiger partial charge on any atom is 0.126 e. The molecule has 0 saturated carbocycles. The Morgan fingerprint density at radius 1 is 1.39 bits per heavy atom. The van der Waals surface area contributed by atoms with E-state index in [4.69, 9.17) is 9.15 Å². The Labute approximate surface area is 106 Å². The number of hydrogen-bond donors (Lipinski definition) is 2. The standard InChI is InChI=1S/C13H17N3O2/c1-8-5-10(9(2)18-8)11-6-15-13(16-11)12-7-17-4-3-14-12/h5-6,12,14H,3-4,7H2,1-2H3,(H,15,16). The molecule has 2 aromatic heterocycles. The van der Waals surface area contributed by atoms with Gasteiger partial charge in [0, 0.05) is 12.1 Å². The number of morpholine rings is 1. The smallest absolute Gasteiger partial charge is 0.126 e. The zero-order chi connectivity index (χ0) is 12.5. The van der Waals surface area contributed by atoms with Crippen LogP contribution < -0.4 is 5.32 Å². The summed E-state index contributed by atoms with van der Waals surface area (Å²) < 4.78 is 11.0. The maximum atomic E-state index is 5.54. The summed E-state index contributed by atoms with van der Waals surface area (Å²) in [6, 6.07) is 2.18. The van der Waals surface area contributed by atoms with Gasteiger partial charge in [0.1, 0.15) is 17.3 Å². The molecule has 0 amide bonds. The second-order valence-electron chi connectivity index (χ2n) is 4.59. The first-order chi connectivity index (χ1) is 8.74. The lowest BCUT2D eigenvalue weighted by atomic mass is 10.2. The Balaban J connectivity index is 1.86. The van der Waals surface area contributed by atoms with Crippen LogP contribution in [0, 0.1) is 13.8 Å². The van der Waals surface area contributed by atoms with Crippen molar-refractivity contribution in [3.63, 3.8) is 0 Å². The molecule has 2 N–H and O–H groups in total. The summed E-state index contributed by atoms with van der Waals surface area (Å²) in [6.07, 6.45) is 1.85. The Kier molecular flexibility index (Phi) is 2.93. The lowest BCUT2D eigenvalue weighted by Gasteiger charge is -2.21. The van der Waals surface area contributed by atoms with E-state index in [2.05, 4.69) is 15.3 Å². The van der Waals surface area contributed by atoms with Gasteiger partial charge in [-0.3, -0.25) is 0 Å². The van der Waals surface area contributed by atoms with Crippen LogP contribution in [0.3, 0.4) is 0 Å². The summed E-state index contributed by atoms with van der Waals surface area (Å²) in [5.74, 6) is 2.75. The van der Waals surface area contributed by atoms with Crippen molar-refractivity contribution in [1.82, 2.24) is 15.3 Å². The third-order valence-corrected chi connectivity index (χ3v) is 3.18. The predicted octanol–water partition coefficient (Wildman–Crippen LogP) is 1.95. The number of nitrogens with zero attached hydrogens (tertiary/aromatic N) is 1. The van der Waals surface area contributed by atoms with Crippen molar-refractivity contribution in [1.29, 1.82) is 0 Å². The van der Waals surface area contributed by atoms with Gasteiger partial charge in [0.2, 0.25) is 0 Å². The van der Waals surface area contributed by atoms with Crippen LogP contribution in [0.15, 0.2) is 16.7 Å². The number of aromatic nitrogens is 2. The molecular weight excluding hydrogens is 230 g/mol. The van der Waals surface area contributed by atoms with Crippen LogP contribution in [-0.2, 0) is 4.74 Å². The largest absolute Gasteiger partial charge is 0.466 e. The maximum absolute atomic E-state index is 5.54. The van der Waals surface area contributed by atoms with E-state index in [1.54, 1.807) is 0 Å². The van der Waals surface area contributed by atoms with E-state index < -0.39 is 0 Å². The van der Waals surface area contributed by atoms with Gasteiger partial charge in [-0.1, -0.05) is 0 Å². The zero-order valence-corrected chi connectivity index (χ0v) is 10.6. The Bertz CT molecular complexity index is 538. The highest BCUT2D eigenvalue weighted by molar-refractivity contribution is 5.61. The molecule has 0 bridgehead atoms. The summed E-state index contributed by atoms with van der Waals surface area (Å²) in [6.45, 7) is 6.21. The summed E-state index contributed by atoms with van der Waals surface area (Å²) in [5, 5.41) is 3.38. The van der Waals surface area contributed by atoms with Crippen molar-refractivity contribution < 1.29 is 9.15 Å². The molecule has 1 aliphatic rings. The molecule has 1 saturated heterocycles. The summed E-state index contributed by atoms with van der Waals surface area (Å²) in [5.41, 5.74) is 2.06. The molecule has 0 spiro atoms. The lowest BCUT2D eigenvalue weighted by Crippen LogP contribution is -2.35. The van der Waals surface area contributed by atoms with Crippen molar-refractivity contribution in [3.05, 3.63) is 29.6 Å². The van der Waals surface area contributed by atoms with Gasteiger partial charge < -0.3 is 19.5 Å². The fourth-order valence-corrected chi connectivity index (χ4v) is 2.29. The average molecular weight is 247 g/mol. The minimum absolute atomic E-state index is 0.154. The number of aromatic amines is 1. The minimum Gasteiger partial charge on any atom is -0.466 e. The first-order valence-electron chi connectivity index (χ1n) is 6.17. The van der Waals surface area contributed by atoms with Crippen LogP contribution in [-0.4, -0.2) is 29.7 Å². The Hall–Kier alpha value is -1.59. The van der Waals surface area contributed by atoms with Crippen molar-refractivity contribution in [2.24, 2.45) is 0 Å². The molecule has 18 heavy (non-hydrogen) atoms. The van der Waals surface area contributed by atoms with Gasteiger partial charge >= 0.3 is 0 Å². The molecular formula is C13H17N3O2. The number of H-pyrrole nitrogens is 1. The first kappa shape index (κ1) is 11.5. The van der Waals surface area contributed by atoms with Crippen LogP contribution >= 0.6 is 0 Å². The molecule has 3 rings (SSSR count). The molecule has 1 unspecified atom stereocenters. The normalized spacial score (nSPS) is 20.2. The monoisotopic (exact) mass is 247 g/mol. The number of ether oxygens (including phenoxy) is 1. The Morgan fingerprint density at radius 2 is 2.28 bits per heavy atom. The summed E-state index contributed by atoms with van der Waals surface area (Å²) in [7, 11) is 0. The number of furan rings is 1. The predicted molar refractivity (Wildman–Crippen MR) is 67.3 cm³/mol. The van der Waals surface area contributed by atoms with Crippen LogP contribution in [0.1, 0.15) is 23.4 Å². The molecule has 0 aromatic carbocycles. The van der Waals surface area contributed by atoms with Gasteiger partial charge in [-0.15, -0.1) is 0 Å². The van der Waals surface area contributed by atoms with E-state index in [-0.39, 0.29) is 6.04 Å². The van der Waals surface area contributed by atoms with Crippen molar-refractivity contribution in [2.45, 2.75) is 19.9 Å². The number of hydrogen-bond acceptors (Lipinski definition) is 4. The highest BCUT2D eigenvalue weighted by atomic mass is 16.5. The molecule has 5 heteroatoms. The van der Waals surface area contributed by atoms with Crippen LogP contribution in [0.2, 0.25) is 0 Å². The third-order valence-electron chi connectivity index (χ3n) is 3.18. The molecule has 1 aliphatic heterocycles. The molecule has 96 valence electrons. The topological polar surface area (TPSA) is 63.1 Å². The quantitative estimate of drug-likeness (QED) is 0.851. The van der Waals surface area contributed by atoms with Crippen molar-refractivity contribution in [2.75, 3.05) is 19.8 Å². The van der Waals surface area contributed by atoms with Gasteiger partial charge in [-0.25, -0.2) is 4.98 Å². The molecule has 5 nitrogen and oxygen atoms in total. The fraction of sp³-hybridized carbons (Fsp3) is 0.462. The lowest BCUT2D eigenvalue weighted by molar-refractivity contribution is 0.0745. The SMILES string of the molecule is Cc1cc(-c2cnc(C3COCCN3)[nH]2)c(C)o1. The molecule has 0 radical (unpaired) electrons. The fourth-order valence-electron chi connectivity index (χ4n) is 2.29.